The summed E-state index contributed by atoms with van der Waals surface area (Å²) >= 11 is 5.57. The lowest BCUT2D eigenvalue weighted by molar-refractivity contribution is -0.117. The van der Waals surface area contributed by atoms with Crippen molar-refractivity contribution in [1.82, 2.24) is 0 Å². The monoisotopic (exact) mass is 175 g/mol. The molecule has 0 saturated heterocycles. The van der Waals surface area contributed by atoms with E-state index in [9.17, 15) is 4.79 Å². The van der Waals surface area contributed by atoms with Gasteiger partial charge in [-0.15, -0.1) is 11.6 Å². The fourth-order valence-electron chi connectivity index (χ4n) is 0.614. The van der Waals surface area contributed by atoms with E-state index < -0.39 is 11.3 Å². The van der Waals surface area contributed by atoms with Gasteiger partial charge in [-0.2, -0.15) is 0 Å². The Morgan fingerprint density at radius 2 is 2.45 bits per heavy atom. The average Bonchev–Trinajstić information content (AvgIpc) is 2.00. The summed E-state index contributed by atoms with van der Waals surface area (Å²) in [4.78, 5) is 13.1. The molecule has 0 aliphatic heterocycles. The number of alkyl halides is 1. The van der Waals surface area contributed by atoms with Gasteiger partial charge in [-0.25, -0.2) is 0 Å². The van der Waals surface area contributed by atoms with Gasteiger partial charge in [0.2, 0.25) is 5.91 Å². The van der Waals surface area contributed by atoms with Crippen molar-refractivity contribution in [2.24, 2.45) is 5.11 Å². The highest BCUT2D eigenvalue weighted by Gasteiger charge is 2.11. The maximum Gasteiger partial charge on any atom is 0.236 e. The highest BCUT2D eigenvalue weighted by Crippen LogP contribution is 2.08. The summed E-state index contributed by atoms with van der Waals surface area (Å²) in [5.74, 6) is -0.581. The van der Waals surface area contributed by atoms with Gasteiger partial charge in [-0.1, -0.05) is 19.8 Å². The number of carbonyl (C=O) groups is 1. The smallest absolute Gasteiger partial charge is 0.236 e. The first kappa shape index (κ1) is 10.3. The fraction of sp³-hybridized carbons (Fsp3) is 0.833. The van der Waals surface area contributed by atoms with Crippen LogP contribution < -0.4 is 0 Å². The van der Waals surface area contributed by atoms with Crippen LogP contribution in [-0.4, -0.2) is 11.3 Å². The van der Waals surface area contributed by atoms with E-state index in [1.165, 1.54) is 0 Å². The summed E-state index contributed by atoms with van der Waals surface area (Å²) in [6.07, 6.45) is 2.43. The SMILES string of the molecule is CCCCC(Cl)C(=O)N=[N+]=[N-]. The van der Waals surface area contributed by atoms with Crippen LogP contribution in [0.5, 0.6) is 0 Å². The van der Waals surface area contributed by atoms with Crippen LogP contribution >= 0.6 is 11.6 Å². The molecule has 0 aromatic rings. The molecule has 0 radical (unpaired) electrons. The lowest BCUT2D eigenvalue weighted by Gasteiger charge is -2.01. The summed E-state index contributed by atoms with van der Waals surface area (Å²) in [5, 5.41) is 2.24. The lowest BCUT2D eigenvalue weighted by Crippen LogP contribution is -2.10. The first-order valence-corrected chi connectivity index (χ1v) is 3.89. The van der Waals surface area contributed by atoms with E-state index in [0.717, 1.165) is 12.8 Å². The van der Waals surface area contributed by atoms with Crippen molar-refractivity contribution < 1.29 is 4.79 Å². The maximum atomic E-state index is 10.7. The van der Waals surface area contributed by atoms with E-state index in [0.29, 0.717) is 6.42 Å². The van der Waals surface area contributed by atoms with Gasteiger partial charge in [0.25, 0.3) is 0 Å². The molecule has 1 unspecified atom stereocenters. The second-order valence-electron chi connectivity index (χ2n) is 2.14. The normalized spacial score (nSPS) is 11.8. The number of rotatable bonds is 4. The molecule has 4 nitrogen and oxygen atoms in total. The van der Waals surface area contributed by atoms with Crippen LogP contribution in [0.3, 0.4) is 0 Å². The van der Waals surface area contributed by atoms with Gasteiger partial charge in [0.1, 0.15) is 0 Å². The molecule has 0 aromatic heterocycles. The van der Waals surface area contributed by atoms with Crippen LogP contribution in [0.1, 0.15) is 26.2 Å². The predicted molar refractivity (Wildman–Crippen MR) is 43.3 cm³/mol. The van der Waals surface area contributed by atoms with Crippen molar-refractivity contribution in [2.75, 3.05) is 0 Å². The molecular formula is C6H10ClN3O. The number of amides is 1. The van der Waals surface area contributed by atoms with E-state index in [-0.39, 0.29) is 0 Å². The van der Waals surface area contributed by atoms with E-state index >= 15 is 0 Å². The highest BCUT2D eigenvalue weighted by molar-refractivity contribution is 6.30. The van der Waals surface area contributed by atoms with Crippen LogP contribution in [-0.2, 0) is 4.79 Å². The number of halogens is 1. The first-order chi connectivity index (χ1) is 5.22. The summed E-state index contributed by atoms with van der Waals surface area (Å²) < 4.78 is 0. The third kappa shape index (κ3) is 4.65. The topological polar surface area (TPSA) is 65.8 Å². The molecule has 5 heteroatoms. The zero-order chi connectivity index (χ0) is 8.69. The van der Waals surface area contributed by atoms with Crippen molar-refractivity contribution in [1.29, 1.82) is 0 Å². The van der Waals surface area contributed by atoms with Gasteiger partial charge in [-0.3, -0.25) is 4.79 Å². The lowest BCUT2D eigenvalue weighted by atomic mass is 10.2. The summed E-state index contributed by atoms with van der Waals surface area (Å²) in [5.41, 5.74) is 7.89. The molecule has 0 aromatic carbocycles. The van der Waals surface area contributed by atoms with Crippen LogP contribution in [0.25, 0.3) is 10.4 Å². The van der Waals surface area contributed by atoms with Crippen LogP contribution in [0.4, 0.5) is 0 Å². The van der Waals surface area contributed by atoms with Crippen LogP contribution in [0, 0.1) is 0 Å². The van der Waals surface area contributed by atoms with Gasteiger partial charge < -0.3 is 0 Å². The molecule has 0 N–H and O–H groups in total. The highest BCUT2D eigenvalue weighted by atomic mass is 35.5. The Morgan fingerprint density at radius 1 is 1.82 bits per heavy atom. The predicted octanol–water partition coefficient (Wildman–Crippen LogP) is 2.62. The van der Waals surface area contributed by atoms with Crippen LogP contribution in [0.15, 0.2) is 5.11 Å². The van der Waals surface area contributed by atoms with Gasteiger partial charge in [0.05, 0.1) is 5.38 Å². The van der Waals surface area contributed by atoms with E-state index in [1.54, 1.807) is 0 Å². The molecule has 1 atom stereocenters. The van der Waals surface area contributed by atoms with Gasteiger partial charge in [-0.05, 0) is 17.1 Å². The van der Waals surface area contributed by atoms with Crippen molar-refractivity contribution >= 4 is 17.5 Å². The summed E-state index contributed by atoms with van der Waals surface area (Å²) in [7, 11) is 0. The van der Waals surface area contributed by atoms with E-state index in [2.05, 4.69) is 10.0 Å². The number of azide groups is 1. The molecule has 11 heavy (non-hydrogen) atoms. The number of nitrogens with zero attached hydrogens (tertiary/aromatic N) is 3. The Kier molecular flexibility index (Phi) is 5.61. The number of hydrogen-bond acceptors (Lipinski definition) is 1. The van der Waals surface area contributed by atoms with Crippen LogP contribution in [0.2, 0.25) is 0 Å². The molecule has 62 valence electrons. The average molecular weight is 176 g/mol. The molecule has 0 spiro atoms. The zero-order valence-corrected chi connectivity index (χ0v) is 7.08. The van der Waals surface area contributed by atoms with E-state index in [1.807, 2.05) is 6.92 Å². The molecule has 0 bridgehead atoms. The van der Waals surface area contributed by atoms with Crippen molar-refractivity contribution in [3.05, 3.63) is 10.4 Å². The maximum absolute atomic E-state index is 10.7. The Hall–Kier alpha value is -0.730. The third-order valence-electron chi connectivity index (χ3n) is 1.22. The largest absolute Gasteiger partial charge is 0.291 e. The van der Waals surface area contributed by atoms with E-state index in [4.69, 9.17) is 17.1 Å². The number of carbonyl (C=O) groups excluding carboxylic acids is 1. The van der Waals surface area contributed by atoms with Crippen molar-refractivity contribution in [3.8, 4) is 0 Å². The molecule has 0 rings (SSSR count). The summed E-state index contributed by atoms with van der Waals surface area (Å²) in [6.45, 7) is 2.00. The molecule has 1 amide bonds. The minimum Gasteiger partial charge on any atom is -0.291 e. The van der Waals surface area contributed by atoms with Gasteiger partial charge in [0, 0.05) is 4.91 Å². The Balaban J connectivity index is 3.73. The fourth-order valence-corrected chi connectivity index (χ4v) is 0.811. The summed E-state index contributed by atoms with van der Waals surface area (Å²) in [6, 6.07) is 0. The Morgan fingerprint density at radius 3 is 2.91 bits per heavy atom. The quantitative estimate of drug-likeness (QED) is 0.280. The van der Waals surface area contributed by atoms with Crippen molar-refractivity contribution in [3.63, 3.8) is 0 Å². The first-order valence-electron chi connectivity index (χ1n) is 3.45. The molecule has 0 aliphatic carbocycles. The van der Waals surface area contributed by atoms with Crippen molar-refractivity contribution in [2.45, 2.75) is 31.6 Å². The molecule has 0 fully saturated rings. The second-order valence-corrected chi connectivity index (χ2v) is 2.66. The molecule has 0 aliphatic rings. The second kappa shape index (κ2) is 6.01. The molecule has 0 heterocycles. The number of hydrogen-bond donors (Lipinski definition) is 0. The third-order valence-corrected chi connectivity index (χ3v) is 1.63. The van der Waals surface area contributed by atoms with Gasteiger partial charge in [0.15, 0.2) is 0 Å². The number of unbranched alkanes of at least 4 members (excludes halogenated alkanes) is 1. The Bertz CT molecular complexity index is 177. The Labute approximate surface area is 70.2 Å². The zero-order valence-electron chi connectivity index (χ0n) is 6.33. The minimum absolute atomic E-state index is 0.579. The van der Waals surface area contributed by atoms with Gasteiger partial charge >= 0.3 is 0 Å². The molecular weight excluding hydrogens is 166 g/mol. The standard InChI is InChI=1S/C6H10ClN3O/c1-2-3-4-5(7)6(11)9-10-8/h5H,2-4H2,1H3. The minimum atomic E-state index is -0.647. The molecule has 0 saturated carbocycles.